The van der Waals surface area contributed by atoms with Crippen LogP contribution in [0.1, 0.15) is 38.4 Å². The van der Waals surface area contributed by atoms with E-state index in [1.54, 1.807) is 22.0 Å². The molecule has 110 valence electrons. The Morgan fingerprint density at radius 2 is 2.25 bits per heavy atom. The van der Waals surface area contributed by atoms with E-state index in [9.17, 15) is 14.7 Å². The number of aryl methyl sites for hydroxylation is 1. The summed E-state index contributed by atoms with van der Waals surface area (Å²) in [6, 6.07) is -0.427. The van der Waals surface area contributed by atoms with Crippen molar-refractivity contribution in [2.75, 3.05) is 6.54 Å². The maximum Gasteiger partial charge on any atom is 0.309 e. The molecule has 0 radical (unpaired) electrons. The molecular formula is C14H21N3O3. The van der Waals surface area contributed by atoms with Crippen LogP contribution >= 0.6 is 0 Å². The van der Waals surface area contributed by atoms with Gasteiger partial charge in [0.15, 0.2) is 0 Å². The number of aliphatic carboxylic acids is 1. The lowest BCUT2D eigenvalue weighted by Gasteiger charge is -2.40. The Balaban J connectivity index is 2.41. The fourth-order valence-electron chi connectivity index (χ4n) is 2.84. The number of aromatic nitrogens is 2. The quantitative estimate of drug-likeness (QED) is 0.905. The molecule has 1 fully saturated rings. The zero-order valence-corrected chi connectivity index (χ0v) is 12.1. The number of hydrogen-bond donors (Lipinski definition) is 1. The van der Waals surface area contributed by atoms with E-state index in [4.69, 9.17) is 0 Å². The van der Waals surface area contributed by atoms with Crippen molar-refractivity contribution in [2.45, 2.75) is 32.7 Å². The Hall–Kier alpha value is -1.85. The van der Waals surface area contributed by atoms with Gasteiger partial charge in [0.1, 0.15) is 0 Å². The minimum Gasteiger partial charge on any atom is -0.481 e. The SMILES string of the molecule is CC(C)CN1C(=O)CCC(C(=O)O)C1c1cncn1C. The second kappa shape index (κ2) is 5.64. The molecular weight excluding hydrogens is 258 g/mol. The molecule has 1 N–H and O–H groups in total. The van der Waals surface area contributed by atoms with Gasteiger partial charge in [-0.25, -0.2) is 4.98 Å². The molecule has 0 bridgehead atoms. The number of imidazole rings is 1. The molecule has 1 amide bonds. The second-order valence-corrected chi connectivity index (χ2v) is 5.80. The van der Waals surface area contributed by atoms with Crippen molar-refractivity contribution in [1.29, 1.82) is 0 Å². The molecule has 0 aromatic carbocycles. The second-order valence-electron chi connectivity index (χ2n) is 5.80. The molecule has 2 rings (SSSR count). The van der Waals surface area contributed by atoms with E-state index in [-0.39, 0.29) is 5.91 Å². The Bertz CT molecular complexity index is 510. The summed E-state index contributed by atoms with van der Waals surface area (Å²) in [5.41, 5.74) is 0.783. The van der Waals surface area contributed by atoms with Gasteiger partial charge in [0.05, 0.1) is 30.2 Å². The number of rotatable bonds is 4. The summed E-state index contributed by atoms with van der Waals surface area (Å²) < 4.78 is 1.80. The van der Waals surface area contributed by atoms with Crippen LogP contribution in [-0.2, 0) is 16.6 Å². The first-order chi connectivity index (χ1) is 9.41. The van der Waals surface area contributed by atoms with Crippen LogP contribution in [-0.4, -0.2) is 38.0 Å². The number of amides is 1. The fourth-order valence-corrected chi connectivity index (χ4v) is 2.84. The summed E-state index contributed by atoms with van der Waals surface area (Å²) in [7, 11) is 1.83. The van der Waals surface area contributed by atoms with Crippen LogP contribution in [0.15, 0.2) is 12.5 Å². The van der Waals surface area contributed by atoms with E-state index in [1.165, 1.54) is 0 Å². The molecule has 1 aromatic rings. The minimum absolute atomic E-state index is 0.0300. The lowest BCUT2D eigenvalue weighted by molar-refractivity contribution is -0.152. The third-order valence-corrected chi connectivity index (χ3v) is 3.74. The summed E-state index contributed by atoms with van der Waals surface area (Å²) in [6.45, 7) is 4.62. The van der Waals surface area contributed by atoms with Crippen LogP contribution in [0.5, 0.6) is 0 Å². The average molecular weight is 279 g/mol. The first kappa shape index (κ1) is 14.6. The molecule has 1 saturated heterocycles. The summed E-state index contributed by atoms with van der Waals surface area (Å²) in [5.74, 6) is -1.09. The van der Waals surface area contributed by atoms with Crippen LogP contribution in [0.3, 0.4) is 0 Å². The van der Waals surface area contributed by atoms with E-state index in [1.807, 2.05) is 20.9 Å². The van der Waals surface area contributed by atoms with Crippen molar-refractivity contribution >= 4 is 11.9 Å². The van der Waals surface area contributed by atoms with E-state index >= 15 is 0 Å². The van der Waals surface area contributed by atoms with Crippen molar-refractivity contribution in [3.05, 3.63) is 18.2 Å². The fraction of sp³-hybridized carbons (Fsp3) is 0.643. The monoisotopic (exact) mass is 279 g/mol. The molecule has 2 atom stereocenters. The number of carbonyl (C=O) groups is 2. The highest BCUT2D eigenvalue weighted by Crippen LogP contribution is 2.37. The summed E-state index contributed by atoms with van der Waals surface area (Å²) in [4.78, 5) is 29.5. The van der Waals surface area contributed by atoms with E-state index in [0.29, 0.717) is 25.3 Å². The first-order valence-electron chi connectivity index (χ1n) is 6.90. The van der Waals surface area contributed by atoms with Crippen molar-refractivity contribution in [2.24, 2.45) is 18.9 Å². The van der Waals surface area contributed by atoms with Crippen LogP contribution in [0, 0.1) is 11.8 Å². The van der Waals surface area contributed by atoms with Crippen molar-refractivity contribution in [3.63, 3.8) is 0 Å². The largest absolute Gasteiger partial charge is 0.481 e. The average Bonchev–Trinajstić information content (AvgIpc) is 2.77. The number of carboxylic acids is 1. The van der Waals surface area contributed by atoms with E-state index in [2.05, 4.69) is 4.98 Å². The zero-order chi connectivity index (χ0) is 14.9. The number of carbonyl (C=O) groups excluding carboxylic acids is 1. The predicted molar refractivity (Wildman–Crippen MR) is 72.9 cm³/mol. The molecule has 2 unspecified atom stereocenters. The predicted octanol–water partition coefficient (Wildman–Crippen LogP) is 1.44. The van der Waals surface area contributed by atoms with Gasteiger partial charge in [-0.05, 0) is 12.3 Å². The number of likely N-dealkylation sites (tertiary alicyclic amines) is 1. The van der Waals surface area contributed by atoms with Crippen molar-refractivity contribution in [1.82, 2.24) is 14.5 Å². The number of nitrogens with zero attached hydrogens (tertiary/aromatic N) is 3. The van der Waals surface area contributed by atoms with Gasteiger partial charge in [0, 0.05) is 20.0 Å². The molecule has 0 saturated carbocycles. The molecule has 1 aliphatic rings. The molecule has 20 heavy (non-hydrogen) atoms. The number of hydrogen-bond acceptors (Lipinski definition) is 3. The third-order valence-electron chi connectivity index (χ3n) is 3.74. The van der Waals surface area contributed by atoms with E-state index < -0.39 is 17.9 Å². The van der Waals surface area contributed by atoms with Crippen molar-refractivity contribution in [3.8, 4) is 0 Å². The lowest BCUT2D eigenvalue weighted by atomic mass is 9.86. The lowest BCUT2D eigenvalue weighted by Crippen LogP contribution is -2.47. The summed E-state index contributed by atoms with van der Waals surface area (Å²) in [5, 5.41) is 9.47. The van der Waals surface area contributed by atoms with Gasteiger partial charge in [0.25, 0.3) is 0 Å². The maximum absolute atomic E-state index is 12.2. The Morgan fingerprint density at radius 1 is 1.55 bits per heavy atom. The van der Waals surface area contributed by atoms with E-state index in [0.717, 1.165) is 5.69 Å². The normalized spacial score (nSPS) is 23.4. The Labute approximate surface area is 118 Å². The minimum atomic E-state index is -0.850. The smallest absolute Gasteiger partial charge is 0.309 e. The summed E-state index contributed by atoms with van der Waals surface area (Å²) >= 11 is 0. The van der Waals surface area contributed by atoms with Crippen LogP contribution in [0.2, 0.25) is 0 Å². The van der Waals surface area contributed by atoms with Gasteiger partial charge in [-0.1, -0.05) is 13.8 Å². The maximum atomic E-state index is 12.2. The first-order valence-corrected chi connectivity index (χ1v) is 6.90. The highest BCUT2D eigenvalue weighted by Gasteiger charge is 2.42. The molecule has 1 aromatic heterocycles. The van der Waals surface area contributed by atoms with Crippen LogP contribution in [0.4, 0.5) is 0 Å². The third kappa shape index (κ3) is 2.69. The van der Waals surface area contributed by atoms with Gasteiger partial charge in [-0.3, -0.25) is 9.59 Å². The van der Waals surface area contributed by atoms with Gasteiger partial charge < -0.3 is 14.6 Å². The van der Waals surface area contributed by atoms with Gasteiger partial charge >= 0.3 is 5.97 Å². The Kier molecular flexibility index (Phi) is 4.11. The highest BCUT2D eigenvalue weighted by molar-refractivity contribution is 5.81. The molecule has 6 heteroatoms. The summed E-state index contributed by atoms with van der Waals surface area (Å²) in [6.07, 6.45) is 3.99. The molecule has 2 heterocycles. The van der Waals surface area contributed by atoms with Crippen LogP contribution in [0.25, 0.3) is 0 Å². The number of piperidine rings is 1. The van der Waals surface area contributed by atoms with Gasteiger partial charge in [-0.15, -0.1) is 0 Å². The van der Waals surface area contributed by atoms with Crippen molar-refractivity contribution < 1.29 is 14.7 Å². The van der Waals surface area contributed by atoms with Crippen LogP contribution < -0.4 is 0 Å². The standard InChI is InChI=1S/C14H21N3O3/c1-9(2)7-17-12(18)5-4-10(14(19)20)13(17)11-6-15-8-16(11)3/h6,8-10,13H,4-5,7H2,1-3H3,(H,19,20). The Morgan fingerprint density at radius 3 is 2.75 bits per heavy atom. The highest BCUT2D eigenvalue weighted by atomic mass is 16.4. The molecule has 0 spiro atoms. The van der Waals surface area contributed by atoms with Gasteiger partial charge in [-0.2, -0.15) is 0 Å². The molecule has 0 aliphatic carbocycles. The molecule has 1 aliphatic heterocycles. The molecule has 6 nitrogen and oxygen atoms in total. The topological polar surface area (TPSA) is 75.4 Å². The number of carboxylic acid groups (broad SMARTS) is 1. The zero-order valence-electron chi connectivity index (χ0n) is 12.1. The van der Waals surface area contributed by atoms with Gasteiger partial charge in [0.2, 0.25) is 5.91 Å².